The lowest BCUT2D eigenvalue weighted by Gasteiger charge is -1.91. The van der Waals surface area contributed by atoms with Gasteiger partial charge in [-0.1, -0.05) is 19.4 Å². The largest absolute Gasteiger partial charge is 0.255 e. The molecule has 0 bridgehead atoms. The maximum absolute atomic E-state index is 4.15. The van der Waals surface area contributed by atoms with Gasteiger partial charge in [-0.15, -0.1) is 12.6 Å². The highest BCUT2D eigenvalue weighted by Gasteiger charge is 1.83. The molecule has 0 unspecified atom stereocenters. The third-order valence-electron chi connectivity index (χ3n) is 1.31. The summed E-state index contributed by atoms with van der Waals surface area (Å²) in [6.07, 6.45) is 3.86. The van der Waals surface area contributed by atoms with Gasteiger partial charge in [-0.05, 0) is 19.8 Å². The molecule has 0 N–H and O–H groups in total. The van der Waals surface area contributed by atoms with Gasteiger partial charge in [0, 0.05) is 6.20 Å². The molecule has 0 aliphatic carbocycles. The molecule has 2 heteroatoms. The first kappa shape index (κ1) is 9.76. The minimum Gasteiger partial charge on any atom is -0.255 e. The Morgan fingerprint density at radius 3 is 2.40 bits per heavy atom. The van der Waals surface area contributed by atoms with E-state index in [-0.39, 0.29) is 0 Å². The van der Waals surface area contributed by atoms with Gasteiger partial charge in [-0.2, -0.15) is 0 Å². The molecule has 0 aromatic carbocycles. The Bertz CT molecular complexity index is 129. The van der Waals surface area contributed by atoms with Crippen LogP contribution in [0.25, 0.3) is 0 Å². The third kappa shape index (κ3) is 4.62. The van der Waals surface area contributed by atoms with Crippen LogP contribution < -0.4 is 0 Å². The zero-order valence-electron chi connectivity index (χ0n) is 6.89. The lowest BCUT2D eigenvalue weighted by Crippen LogP contribution is -1.80. The minimum atomic E-state index is 0.896. The summed E-state index contributed by atoms with van der Waals surface area (Å²) in [5.41, 5.74) is 1.29. The first-order chi connectivity index (χ1) is 4.70. The second kappa shape index (κ2) is 5.54. The molecule has 0 aliphatic heterocycles. The van der Waals surface area contributed by atoms with Crippen molar-refractivity contribution in [1.29, 1.82) is 0 Å². The van der Waals surface area contributed by atoms with E-state index in [1.807, 2.05) is 13.1 Å². The molecule has 0 saturated carbocycles. The maximum Gasteiger partial charge on any atom is 0.0698 e. The fourth-order valence-electron chi connectivity index (χ4n) is 0.367. The number of nitrogens with zero attached hydrogens (tertiary/aromatic N) is 1. The van der Waals surface area contributed by atoms with E-state index in [1.165, 1.54) is 5.57 Å². The van der Waals surface area contributed by atoms with E-state index in [2.05, 4.69) is 31.5 Å². The summed E-state index contributed by atoms with van der Waals surface area (Å²) in [6.45, 7) is 6.23. The highest BCUT2D eigenvalue weighted by molar-refractivity contribution is 7.97. The number of allylic oxidation sites excluding steroid dienone is 1. The van der Waals surface area contributed by atoms with Gasteiger partial charge >= 0.3 is 0 Å². The second-order valence-electron chi connectivity index (χ2n) is 2.23. The van der Waals surface area contributed by atoms with Crippen LogP contribution in [0.3, 0.4) is 0 Å². The average molecular weight is 157 g/mol. The molecule has 10 heavy (non-hydrogen) atoms. The predicted molar refractivity (Wildman–Crippen MR) is 50.8 cm³/mol. The number of thiol groups is 1. The Kier molecular flexibility index (Phi) is 5.40. The molecular formula is C8H15NS. The van der Waals surface area contributed by atoms with Crippen LogP contribution in [0.15, 0.2) is 16.8 Å². The van der Waals surface area contributed by atoms with Crippen LogP contribution in [-0.4, -0.2) is 5.04 Å². The Morgan fingerprint density at radius 1 is 1.40 bits per heavy atom. The van der Waals surface area contributed by atoms with E-state index in [1.54, 1.807) is 0 Å². The van der Waals surface area contributed by atoms with Crippen molar-refractivity contribution in [3.63, 3.8) is 0 Å². The molecule has 58 valence electrons. The molecule has 0 radical (unpaired) electrons. The van der Waals surface area contributed by atoms with E-state index < -0.39 is 0 Å². The molecule has 1 nitrogen and oxygen atoms in total. The highest BCUT2D eigenvalue weighted by Crippen LogP contribution is 1.99. The van der Waals surface area contributed by atoms with Crippen LogP contribution >= 0.6 is 12.6 Å². The van der Waals surface area contributed by atoms with Crippen molar-refractivity contribution in [1.82, 2.24) is 0 Å². The highest BCUT2D eigenvalue weighted by atomic mass is 32.1. The minimum absolute atomic E-state index is 0.896. The molecular weight excluding hydrogens is 142 g/mol. The molecule has 0 rings (SSSR count). The Balaban J connectivity index is 3.91. The van der Waals surface area contributed by atoms with Gasteiger partial charge in [-0.25, -0.2) is 0 Å². The first-order valence-electron chi connectivity index (χ1n) is 3.62. The van der Waals surface area contributed by atoms with Crippen molar-refractivity contribution >= 4 is 17.7 Å². The fourth-order valence-corrected chi connectivity index (χ4v) is 0.425. The quantitative estimate of drug-likeness (QED) is 0.367. The SMILES string of the molecule is CC/C(S)=N/C=C(\C)CC. The Hall–Kier alpha value is -0.240. The summed E-state index contributed by atoms with van der Waals surface area (Å²) in [5.74, 6) is 0. The van der Waals surface area contributed by atoms with Crippen LogP contribution in [0.1, 0.15) is 33.6 Å². The van der Waals surface area contributed by atoms with Gasteiger partial charge in [0.1, 0.15) is 0 Å². The number of hydrogen-bond acceptors (Lipinski definition) is 1. The third-order valence-corrected chi connectivity index (χ3v) is 1.74. The summed E-state index contributed by atoms with van der Waals surface area (Å²) >= 11 is 4.15. The van der Waals surface area contributed by atoms with E-state index in [0.29, 0.717) is 0 Å². The van der Waals surface area contributed by atoms with Crippen molar-refractivity contribution in [2.45, 2.75) is 33.6 Å². The zero-order valence-corrected chi connectivity index (χ0v) is 7.78. The van der Waals surface area contributed by atoms with Crippen molar-refractivity contribution < 1.29 is 0 Å². The molecule has 0 aromatic rings. The second-order valence-corrected chi connectivity index (χ2v) is 2.74. The topological polar surface area (TPSA) is 12.4 Å². The van der Waals surface area contributed by atoms with Crippen molar-refractivity contribution in [3.8, 4) is 0 Å². The molecule has 0 atom stereocenters. The number of hydrogen-bond donors (Lipinski definition) is 1. The smallest absolute Gasteiger partial charge is 0.0698 e. The molecule has 0 amide bonds. The molecule has 0 aromatic heterocycles. The zero-order chi connectivity index (χ0) is 7.98. The summed E-state index contributed by atoms with van der Waals surface area (Å²) in [5, 5.41) is 0.896. The molecule has 0 saturated heterocycles. The van der Waals surface area contributed by atoms with Crippen LogP contribution in [0.4, 0.5) is 0 Å². The van der Waals surface area contributed by atoms with Gasteiger partial charge in [-0.3, -0.25) is 4.99 Å². The van der Waals surface area contributed by atoms with Gasteiger partial charge < -0.3 is 0 Å². The first-order valence-corrected chi connectivity index (χ1v) is 4.06. The number of aliphatic imine (C=N–C) groups is 1. The maximum atomic E-state index is 4.15. The molecule has 0 spiro atoms. The Labute approximate surface area is 68.7 Å². The van der Waals surface area contributed by atoms with Crippen molar-refractivity contribution in [2.75, 3.05) is 0 Å². The summed E-state index contributed by atoms with van der Waals surface area (Å²) in [7, 11) is 0. The summed E-state index contributed by atoms with van der Waals surface area (Å²) in [4.78, 5) is 4.13. The standard InChI is InChI=1S/C8H15NS/c1-4-7(3)6-9-8(10)5-2/h6H,4-5H2,1-3H3,(H,9,10)/b7-6+. The van der Waals surface area contributed by atoms with Gasteiger partial charge in [0.2, 0.25) is 0 Å². The average Bonchev–Trinajstić information content (AvgIpc) is 1.99. The fraction of sp³-hybridized carbons (Fsp3) is 0.625. The van der Waals surface area contributed by atoms with Crippen LogP contribution in [0, 0.1) is 0 Å². The number of rotatable bonds is 3. The predicted octanol–water partition coefficient (Wildman–Crippen LogP) is 3.04. The summed E-state index contributed by atoms with van der Waals surface area (Å²) in [6, 6.07) is 0. The van der Waals surface area contributed by atoms with E-state index in [9.17, 15) is 0 Å². The lowest BCUT2D eigenvalue weighted by molar-refractivity contribution is 1.08. The molecule has 0 heterocycles. The lowest BCUT2D eigenvalue weighted by atomic mass is 10.3. The van der Waals surface area contributed by atoms with Crippen molar-refractivity contribution in [2.24, 2.45) is 4.99 Å². The van der Waals surface area contributed by atoms with Gasteiger partial charge in [0.25, 0.3) is 0 Å². The van der Waals surface area contributed by atoms with E-state index >= 15 is 0 Å². The van der Waals surface area contributed by atoms with E-state index in [4.69, 9.17) is 0 Å². The molecule has 0 fully saturated rings. The van der Waals surface area contributed by atoms with Crippen LogP contribution in [0.5, 0.6) is 0 Å². The van der Waals surface area contributed by atoms with Crippen molar-refractivity contribution in [3.05, 3.63) is 11.8 Å². The molecule has 0 aliphatic rings. The van der Waals surface area contributed by atoms with Crippen LogP contribution in [0.2, 0.25) is 0 Å². The van der Waals surface area contributed by atoms with Gasteiger partial charge in [0.05, 0.1) is 5.04 Å². The van der Waals surface area contributed by atoms with Gasteiger partial charge in [0.15, 0.2) is 0 Å². The summed E-state index contributed by atoms with van der Waals surface area (Å²) < 4.78 is 0. The Morgan fingerprint density at radius 2 is 2.00 bits per heavy atom. The van der Waals surface area contributed by atoms with E-state index in [0.717, 1.165) is 17.9 Å². The normalized spacial score (nSPS) is 14.0. The van der Waals surface area contributed by atoms with Crippen LogP contribution in [-0.2, 0) is 0 Å². The monoisotopic (exact) mass is 157 g/mol.